The third-order valence-corrected chi connectivity index (χ3v) is 5.49. The summed E-state index contributed by atoms with van der Waals surface area (Å²) in [6, 6.07) is 4.98. The number of hydrogen-bond acceptors (Lipinski definition) is 4. The van der Waals surface area contributed by atoms with Gasteiger partial charge in [0.05, 0.1) is 16.9 Å². The van der Waals surface area contributed by atoms with Gasteiger partial charge in [0.15, 0.2) is 0 Å². The summed E-state index contributed by atoms with van der Waals surface area (Å²) in [6.45, 7) is 1.21. The second-order valence-electron chi connectivity index (χ2n) is 7.45. The first-order chi connectivity index (χ1) is 15.1. The van der Waals surface area contributed by atoms with E-state index < -0.39 is 11.7 Å². The first-order valence-corrected chi connectivity index (χ1v) is 10.7. The average molecular weight is 491 g/mol. The molecule has 0 saturated carbocycles. The molecule has 2 heterocycles. The molecule has 8 heteroatoms. The normalized spacial score (nSPS) is 15.8. The molecular formula is C24H23ClFeN4O2+2. The van der Waals surface area contributed by atoms with Crippen molar-refractivity contribution in [1.29, 1.82) is 0 Å². The fourth-order valence-electron chi connectivity index (χ4n) is 3.64. The van der Waals surface area contributed by atoms with Gasteiger partial charge in [-0.2, -0.15) is 0 Å². The fraction of sp³-hybridized carbons (Fsp3) is 0.250. The molecule has 0 N–H and O–H groups in total. The molecular weight excluding hydrogens is 468 g/mol. The molecule has 0 atom stereocenters. The molecule has 2 aliphatic carbocycles. The van der Waals surface area contributed by atoms with Crippen LogP contribution in [0.1, 0.15) is 41.2 Å². The van der Waals surface area contributed by atoms with Gasteiger partial charge >= 0.3 is 17.1 Å². The van der Waals surface area contributed by atoms with Gasteiger partial charge < -0.3 is 4.90 Å². The second-order valence-corrected chi connectivity index (χ2v) is 7.88. The number of aryl methyl sites for hydroxylation is 1. The maximum absolute atomic E-state index is 12.2. The molecule has 1 amide bonds. The molecule has 0 unspecified atom stereocenters. The SMILES string of the molecule is C1=CCC=C1.O=C1C(=O)N(CCCCn2cc(C3C=CC=C3)nn2)c2ccc(Cl)cc21.[Fe+2]. The number of anilines is 1. The average Bonchev–Trinajstić information content (AvgIpc) is 3.58. The van der Waals surface area contributed by atoms with E-state index in [1.54, 1.807) is 18.2 Å². The smallest absolute Gasteiger partial charge is 0.305 e. The zero-order valence-electron chi connectivity index (χ0n) is 17.4. The van der Waals surface area contributed by atoms with E-state index in [9.17, 15) is 9.59 Å². The minimum absolute atomic E-state index is 0. The van der Waals surface area contributed by atoms with E-state index in [1.165, 1.54) is 4.90 Å². The van der Waals surface area contributed by atoms with Crippen LogP contribution in [0.3, 0.4) is 0 Å². The summed E-state index contributed by atoms with van der Waals surface area (Å²) in [5.74, 6) is -0.758. The second kappa shape index (κ2) is 11.2. The van der Waals surface area contributed by atoms with Gasteiger partial charge in [0, 0.05) is 30.2 Å². The predicted molar refractivity (Wildman–Crippen MR) is 121 cm³/mol. The van der Waals surface area contributed by atoms with Crippen LogP contribution in [0.25, 0.3) is 0 Å². The van der Waals surface area contributed by atoms with Crippen LogP contribution in [0.5, 0.6) is 0 Å². The molecule has 0 saturated heterocycles. The summed E-state index contributed by atoms with van der Waals surface area (Å²) < 4.78 is 1.82. The van der Waals surface area contributed by atoms with Gasteiger partial charge in [0.1, 0.15) is 0 Å². The fourth-order valence-corrected chi connectivity index (χ4v) is 3.81. The Bertz CT molecular complexity index is 1080. The van der Waals surface area contributed by atoms with Crippen molar-refractivity contribution in [3.05, 3.63) is 89.3 Å². The summed E-state index contributed by atoms with van der Waals surface area (Å²) in [6.07, 6.45) is 21.2. The third kappa shape index (κ3) is 5.54. The number of Topliss-reactive ketones (excluding diaryl/α,β-unsaturated/α-hetero) is 1. The Kier molecular flexibility index (Phi) is 8.39. The van der Waals surface area contributed by atoms with Crippen molar-refractivity contribution in [2.24, 2.45) is 0 Å². The number of unbranched alkanes of at least 4 members (excludes halogenated alkanes) is 1. The number of ketones is 1. The van der Waals surface area contributed by atoms with Crippen molar-refractivity contribution in [3.63, 3.8) is 0 Å². The van der Waals surface area contributed by atoms with Gasteiger partial charge in [-0.25, -0.2) is 0 Å². The molecule has 3 aliphatic rings. The van der Waals surface area contributed by atoms with Crippen LogP contribution in [0.2, 0.25) is 5.02 Å². The number of carbonyl (C=O) groups is 2. The zero-order valence-corrected chi connectivity index (χ0v) is 19.2. The molecule has 5 rings (SSSR count). The topological polar surface area (TPSA) is 68.1 Å². The molecule has 2 aromatic rings. The van der Waals surface area contributed by atoms with Crippen molar-refractivity contribution in [2.45, 2.75) is 31.7 Å². The summed E-state index contributed by atoms with van der Waals surface area (Å²) in [4.78, 5) is 25.8. The number of amides is 1. The number of carbonyl (C=O) groups excluding carboxylic acids is 2. The van der Waals surface area contributed by atoms with E-state index >= 15 is 0 Å². The molecule has 1 aromatic heterocycles. The monoisotopic (exact) mass is 490 g/mol. The molecule has 0 fully saturated rings. The Balaban J connectivity index is 0.000000427. The van der Waals surface area contributed by atoms with Gasteiger partial charge in [-0.15, -0.1) is 5.10 Å². The van der Waals surface area contributed by atoms with Crippen LogP contribution in [-0.2, 0) is 28.4 Å². The third-order valence-electron chi connectivity index (χ3n) is 5.25. The first kappa shape index (κ1) is 23.9. The van der Waals surface area contributed by atoms with Crippen molar-refractivity contribution >= 4 is 29.0 Å². The van der Waals surface area contributed by atoms with E-state index in [-0.39, 0.29) is 23.0 Å². The van der Waals surface area contributed by atoms with Gasteiger partial charge in [0.2, 0.25) is 0 Å². The Morgan fingerprint density at radius 1 is 1.00 bits per heavy atom. The molecule has 0 spiro atoms. The molecule has 6 nitrogen and oxygen atoms in total. The minimum atomic E-state index is -0.485. The predicted octanol–water partition coefficient (Wildman–Crippen LogP) is 4.65. The van der Waals surface area contributed by atoms with E-state index in [0.29, 0.717) is 22.8 Å². The molecule has 1 aliphatic heterocycles. The van der Waals surface area contributed by atoms with Crippen LogP contribution >= 0.6 is 11.6 Å². The largest absolute Gasteiger partial charge is 2.00 e. The number of halogens is 1. The van der Waals surface area contributed by atoms with E-state index in [4.69, 9.17) is 11.6 Å². The summed E-state index contributed by atoms with van der Waals surface area (Å²) >= 11 is 5.92. The quantitative estimate of drug-likeness (QED) is 0.336. The number of rotatable bonds is 6. The Morgan fingerprint density at radius 2 is 1.72 bits per heavy atom. The van der Waals surface area contributed by atoms with Gasteiger partial charge in [-0.05, 0) is 37.5 Å². The molecule has 164 valence electrons. The van der Waals surface area contributed by atoms with Crippen LogP contribution in [-0.4, -0.2) is 33.2 Å². The van der Waals surface area contributed by atoms with Crippen molar-refractivity contribution < 1.29 is 26.7 Å². The van der Waals surface area contributed by atoms with Crippen molar-refractivity contribution in [3.8, 4) is 0 Å². The van der Waals surface area contributed by atoms with Crippen molar-refractivity contribution in [1.82, 2.24) is 15.0 Å². The number of aromatic nitrogens is 3. The zero-order chi connectivity index (χ0) is 21.6. The van der Waals surface area contributed by atoms with Crippen LogP contribution in [0.4, 0.5) is 5.69 Å². The summed E-state index contributed by atoms with van der Waals surface area (Å²) in [5.41, 5.74) is 1.97. The number of benzene rings is 1. The summed E-state index contributed by atoms with van der Waals surface area (Å²) in [7, 11) is 0. The van der Waals surface area contributed by atoms with Crippen LogP contribution in [0.15, 0.2) is 73.0 Å². The van der Waals surface area contributed by atoms with Gasteiger partial charge in [-0.3, -0.25) is 14.3 Å². The minimum Gasteiger partial charge on any atom is -0.305 e. The number of allylic oxidation sites excluding steroid dienone is 8. The Labute approximate surface area is 202 Å². The van der Waals surface area contributed by atoms with Crippen LogP contribution in [0, 0.1) is 0 Å². The van der Waals surface area contributed by atoms with E-state index in [1.807, 2.05) is 23.0 Å². The van der Waals surface area contributed by atoms with Crippen LogP contribution < -0.4 is 4.90 Å². The molecule has 0 radical (unpaired) electrons. The molecule has 1 aromatic carbocycles. The van der Waals surface area contributed by atoms with Crippen molar-refractivity contribution in [2.75, 3.05) is 11.4 Å². The molecule has 0 bridgehead atoms. The molecule has 32 heavy (non-hydrogen) atoms. The first-order valence-electron chi connectivity index (χ1n) is 10.4. The van der Waals surface area contributed by atoms with E-state index in [2.05, 4.69) is 46.8 Å². The maximum Gasteiger partial charge on any atom is 2.00 e. The Morgan fingerprint density at radius 3 is 2.41 bits per heavy atom. The van der Waals surface area contributed by atoms with Gasteiger partial charge in [0.25, 0.3) is 11.7 Å². The van der Waals surface area contributed by atoms with Gasteiger partial charge in [-0.1, -0.05) is 65.4 Å². The number of fused-ring (bicyclic) bond motifs is 1. The maximum atomic E-state index is 12.2. The number of hydrogen-bond donors (Lipinski definition) is 0. The number of nitrogens with zero attached hydrogens (tertiary/aromatic N) is 4. The standard InChI is InChI=1S/C19H17ClN4O2.C5H6.Fe/c20-14-7-8-17-15(11-14)18(25)19(26)24(17)10-4-3-9-23-12-16(21-22-23)13-5-1-2-6-13;1-2-4-5-3-1;/h1-2,5-8,11-13H,3-4,9-10H2;1-4H,5H2;/q;;+2. The summed E-state index contributed by atoms with van der Waals surface area (Å²) in [5, 5.41) is 8.81. The van der Waals surface area contributed by atoms with E-state index in [0.717, 1.165) is 31.5 Å². The Hall–Kier alpha value is -2.73.